The fourth-order valence-electron chi connectivity index (χ4n) is 0.770. The molecule has 0 radical (unpaired) electrons. The van der Waals surface area contributed by atoms with Crippen molar-refractivity contribution in [2.24, 2.45) is 5.16 Å². The van der Waals surface area contributed by atoms with Crippen LogP contribution in [0.25, 0.3) is 0 Å². The lowest BCUT2D eigenvalue weighted by atomic mass is 10.1. The Balaban J connectivity index is 2.37. The van der Waals surface area contributed by atoms with E-state index in [0.29, 0.717) is 10.0 Å². The lowest BCUT2D eigenvalue weighted by Gasteiger charge is -2.08. The maximum Gasteiger partial charge on any atom is 0.144 e. The quantitative estimate of drug-likeness (QED) is 0.506. The number of rotatable bonds is 1. The van der Waals surface area contributed by atoms with Crippen molar-refractivity contribution in [1.29, 1.82) is 0 Å². The maximum absolute atomic E-state index is 5.11. The van der Waals surface area contributed by atoms with Gasteiger partial charge in [0.1, 0.15) is 6.10 Å². The third-order valence-corrected chi connectivity index (χ3v) is 2.15. The lowest BCUT2D eigenvalue weighted by Crippen LogP contribution is -2.16. The first-order valence-corrected chi connectivity index (χ1v) is 4.28. The van der Waals surface area contributed by atoms with E-state index in [4.69, 9.17) is 4.84 Å². The molecule has 0 aliphatic carbocycles. The summed E-state index contributed by atoms with van der Waals surface area (Å²) < 4.78 is 0.559. The molecular weight excluding hydrogens is 229 g/mol. The van der Waals surface area contributed by atoms with E-state index in [1.54, 1.807) is 0 Å². The number of oxime groups is 1. The molecule has 0 bridgehead atoms. The number of alkyl halides is 1. The molecule has 9 heavy (non-hydrogen) atoms. The van der Waals surface area contributed by atoms with E-state index in [0.717, 1.165) is 12.1 Å². The van der Waals surface area contributed by atoms with Crippen molar-refractivity contribution in [2.45, 2.75) is 30.3 Å². The summed E-state index contributed by atoms with van der Waals surface area (Å²) in [5, 5.41) is 3.85. The van der Waals surface area contributed by atoms with Crippen LogP contribution >= 0.6 is 22.6 Å². The average molecular weight is 239 g/mol. The minimum absolute atomic E-state index is 0.325. The molecule has 0 aromatic carbocycles. The predicted octanol–water partition coefficient (Wildman–Crippen LogP) is 1.97. The Kier molecular flexibility index (Phi) is 2.32. The van der Waals surface area contributed by atoms with Crippen LogP contribution in [0.4, 0.5) is 0 Å². The molecule has 3 heteroatoms. The molecule has 0 N–H and O–H groups in total. The number of nitrogens with zero attached hydrogens (tertiary/aromatic N) is 1. The largest absolute Gasteiger partial charge is 0.391 e. The van der Waals surface area contributed by atoms with Gasteiger partial charge in [-0.25, -0.2) is 0 Å². The van der Waals surface area contributed by atoms with E-state index in [9.17, 15) is 0 Å². The predicted molar refractivity (Wildman–Crippen MR) is 46.1 cm³/mol. The van der Waals surface area contributed by atoms with E-state index in [1.165, 1.54) is 0 Å². The standard InChI is InChI=1S/C6H10INO/c1-4-3-6(5(2)7)9-8-4/h5-6H,3H2,1-2H3. The Morgan fingerprint density at radius 3 is 2.78 bits per heavy atom. The van der Waals surface area contributed by atoms with E-state index < -0.39 is 0 Å². The second-order valence-electron chi connectivity index (χ2n) is 2.35. The molecule has 2 atom stereocenters. The van der Waals surface area contributed by atoms with Gasteiger partial charge in [0.25, 0.3) is 0 Å². The zero-order valence-electron chi connectivity index (χ0n) is 5.60. The third kappa shape index (κ3) is 1.81. The first-order valence-electron chi connectivity index (χ1n) is 3.03. The lowest BCUT2D eigenvalue weighted by molar-refractivity contribution is 0.0899. The van der Waals surface area contributed by atoms with Gasteiger partial charge in [0.05, 0.1) is 5.71 Å². The van der Waals surface area contributed by atoms with Gasteiger partial charge in [-0.15, -0.1) is 0 Å². The number of halogens is 1. The zero-order chi connectivity index (χ0) is 6.85. The van der Waals surface area contributed by atoms with Gasteiger partial charge in [-0.2, -0.15) is 0 Å². The summed E-state index contributed by atoms with van der Waals surface area (Å²) in [4.78, 5) is 5.11. The van der Waals surface area contributed by atoms with Crippen LogP contribution in [0.3, 0.4) is 0 Å². The molecule has 0 aromatic heterocycles. The summed E-state index contributed by atoms with van der Waals surface area (Å²) in [5.74, 6) is 0. The number of hydrogen-bond donors (Lipinski definition) is 0. The molecule has 52 valence electrons. The van der Waals surface area contributed by atoms with Crippen molar-refractivity contribution >= 4 is 28.3 Å². The fraction of sp³-hybridized carbons (Fsp3) is 0.833. The second-order valence-corrected chi connectivity index (χ2v) is 4.32. The van der Waals surface area contributed by atoms with Crippen molar-refractivity contribution < 1.29 is 4.84 Å². The van der Waals surface area contributed by atoms with Gasteiger partial charge in [-0.05, 0) is 13.8 Å². The Bertz CT molecular complexity index is 133. The van der Waals surface area contributed by atoms with Gasteiger partial charge in [0.2, 0.25) is 0 Å². The molecule has 0 spiro atoms. The van der Waals surface area contributed by atoms with E-state index >= 15 is 0 Å². The minimum atomic E-state index is 0.325. The summed E-state index contributed by atoms with van der Waals surface area (Å²) in [5.41, 5.74) is 1.11. The van der Waals surface area contributed by atoms with Crippen molar-refractivity contribution in [2.75, 3.05) is 0 Å². The van der Waals surface area contributed by atoms with Gasteiger partial charge >= 0.3 is 0 Å². The highest BCUT2D eigenvalue weighted by Crippen LogP contribution is 2.18. The molecule has 2 unspecified atom stereocenters. The summed E-state index contributed by atoms with van der Waals surface area (Å²) in [6.45, 7) is 4.14. The zero-order valence-corrected chi connectivity index (χ0v) is 7.75. The molecule has 2 nitrogen and oxygen atoms in total. The average Bonchev–Trinajstić information content (AvgIpc) is 2.14. The molecule has 1 rings (SSSR count). The summed E-state index contributed by atoms with van der Waals surface area (Å²) in [6, 6.07) is 0. The highest BCUT2D eigenvalue weighted by molar-refractivity contribution is 14.1. The molecule has 1 aliphatic rings. The Labute approximate surface area is 68.8 Å². The summed E-state index contributed by atoms with van der Waals surface area (Å²) in [7, 11) is 0. The Morgan fingerprint density at radius 1 is 1.89 bits per heavy atom. The van der Waals surface area contributed by atoms with E-state index in [1.807, 2.05) is 6.92 Å². The van der Waals surface area contributed by atoms with Crippen LogP contribution in [0.2, 0.25) is 0 Å². The first kappa shape index (κ1) is 7.31. The van der Waals surface area contributed by atoms with Gasteiger partial charge in [-0.1, -0.05) is 27.7 Å². The molecule has 0 fully saturated rings. The summed E-state index contributed by atoms with van der Waals surface area (Å²) in [6.07, 6.45) is 1.33. The fourth-order valence-corrected chi connectivity index (χ4v) is 1.16. The van der Waals surface area contributed by atoms with Crippen LogP contribution in [-0.4, -0.2) is 15.7 Å². The Hall–Kier alpha value is 0.200. The van der Waals surface area contributed by atoms with Gasteiger partial charge < -0.3 is 4.84 Å². The van der Waals surface area contributed by atoms with Crippen LogP contribution < -0.4 is 0 Å². The second kappa shape index (κ2) is 2.86. The van der Waals surface area contributed by atoms with Gasteiger partial charge in [0, 0.05) is 10.3 Å². The Morgan fingerprint density at radius 2 is 2.56 bits per heavy atom. The summed E-state index contributed by atoms with van der Waals surface area (Å²) >= 11 is 2.36. The molecular formula is C6H10INO. The normalized spacial score (nSPS) is 29.2. The topological polar surface area (TPSA) is 21.6 Å². The molecule has 0 saturated carbocycles. The first-order chi connectivity index (χ1) is 4.20. The SMILES string of the molecule is CC1=NOC(C(C)I)C1. The minimum Gasteiger partial charge on any atom is -0.391 e. The maximum atomic E-state index is 5.11. The highest BCUT2D eigenvalue weighted by Gasteiger charge is 2.21. The molecule has 1 aliphatic heterocycles. The van der Waals surface area contributed by atoms with Crippen LogP contribution in [-0.2, 0) is 4.84 Å². The van der Waals surface area contributed by atoms with Crippen molar-refractivity contribution in [3.63, 3.8) is 0 Å². The monoisotopic (exact) mass is 239 g/mol. The van der Waals surface area contributed by atoms with Crippen LogP contribution in [0, 0.1) is 0 Å². The van der Waals surface area contributed by atoms with Crippen molar-refractivity contribution in [3.8, 4) is 0 Å². The van der Waals surface area contributed by atoms with Crippen LogP contribution in [0.5, 0.6) is 0 Å². The highest BCUT2D eigenvalue weighted by atomic mass is 127. The smallest absolute Gasteiger partial charge is 0.144 e. The van der Waals surface area contributed by atoms with Crippen molar-refractivity contribution in [1.82, 2.24) is 0 Å². The van der Waals surface area contributed by atoms with Crippen LogP contribution in [0.1, 0.15) is 20.3 Å². The molecule has 1 heterocycles. The number of hydrogen-bond acceptors (Lipinski definition) is 2. The van der Waals surface area contributed by atoms with Crippen molar-refractivity contribution in [3.05, 3.63) is 0 Å². The third-order valence-electron chi connectivity index (χ3n) is 1.35. The van der Waals surface area contributed by atoms with E-state index in [2.05, 4.69) is 34.7 Å². The molecule has 0 aromatic rings. The molecule has 0 saturated heterocycles. The van der Waals surface area contributed by atoms with E-state index in [-0.39, 0.29) is 0 Å². The van der Waals surface area contributed by atoms with Crippen LogP contribution in [0.15, 0.2) is 5.16 Å². The van der Waals surface area contributed by atoms with Gasteiger partial charge in [0.15, 0.2) is 0 Å². The molecule has 0 amide bonds. The van der Waals surface area contributed by atoms with Gasteiger partial charge in [-0.3, -0.25) is 0 Å².